The predicted molar refractivity (Wildman–Crippen MR) is 506 cm³/mol. The van der Waals surface area contributed by atoms with Crippen molar-refractivity contribution in [3.05, 3.63) is 325 Å². The topological polar surface area (TPSA) is 437 Å². The van der Waals surface area contributed by atoms with E-state index in [2.05, 4.69) is 111 Å². The van der Waals surface area contributed by atoms with E-state index in [1.54, 1.807) is 196 Å². The summed E-state index contributed by atoms with van der Waals surface area (Å²) < 4.78 is 78.8. The summed E-state index contributed by atoms with van der Waals surface area (Å²) in [5, 5.41) is 90.4. The van der Waals surface area contributed by atoms with Gasteiger partial charge in [-0.05, 0) is 145 Å². The SMILES string of the molecule is COc1nnc(-c2cc(-c3ccccc3F)nc3ncccc23)c2cc[n+]([O-])cc12.COc1nnc(-c2cc(-c3ccccc3F)nc3ncccc23)c2ccnc(N)c12.COc1nnc(-c2cc(-c3ccccc3F)nc3ncccc23)c2ccncc12.COc1nnc(Cl)c2ccncc12.C[O-].Clc1nnc(Cl)c2cnccc12.OB(O)c1cc(-c2ccccc2F)nc2ncccc12.[K+]. The van der Waals surface area contributed by atoms with Gasteiger partial charge in [0.2, 0.25) is 23.5 Å². The standard InChI is InChI=1S/C22H15FN6O.C22H14FN5O2.C22H14FN5O.C14H10BFN2O2.C8H6ClN3O.C7H3Cl2N3.CH3O.K/c1-30-22-18-14(8-10-25-20(18)24)19(28-29-22)15-11-17(13-5-2-3-7-16(13)23)27-21-12(15)6-4-9-26-21;1-30-22-17-12-28(29)10-8-13(17)20(26-27-22)16-11-19(15-5-2-3-7-18(15)23)25-21-14(16)6-4-9-24-21;1-29-22-17-12-24-10-8-13(17)20(27-28-22)16-11-19(15-5-2-3-7-18(15)23)26-21-14(16)6-4-9-25-21;16-12-6-2-1-4-10(12)13-8-11(15(19)20)9-5-3-7-17-14(9)18-13;1-13-8-6-4-10-3-2-5(6)7(9)11-12-8;8-6-4-1-2-10-3-5(4)7(9)12-11-6;1-2;/h2-11H,1H3,(H2,24,25);2-12H,1H3;2-12H,1H3;1-8,19-20H;2-4H,1H3;1-3H;1H3;/q;;;;;;-1;+1. The fourth-order valence-corrected chi connectivity index (χ4v) is 15.1. The molecule has 670 valence electrons. The van der Waals surface area contributed by atoms with Gasteiger partial charge in [0.05, 0.1) is 67.4 Å². The molecule has 0 atom stereocenters. The van der Waals surface area contributed by atoms with Gasteiger partial charge in [0, 0.05) is 167 Å². The van der Waals surface area contributed by atoms with Crippen LogP contribution in [0.5, 0.6) is 23.5 Å². The van der Waals surface area contributed by atoms with Gasteiger partial charge in [-0.25, -0.2) is 62.4 Å². The zero-order valence-corrected chi connectivity index (χ0v) is 77.9. The maximum Gasteiger partial charge on any atom is 1.00 e. The fraction of sp³-hybridized carbons (Fsp3) is 0.0521. The molecule has 22 aromatic rings. The molecule has 137 heavy (non-hydrogen) atoms. The molecule has 0 unspecified atom stereocenters. The molecule has 0 saturated heterocycles. The minimum Gasteiger partial charge on any atom is -0.857 e. The number of nitrogens with zero attached hydrogens (tertiary/aromatic N) is 23. The molecule has 0 radical (unpaired) electrons. The molecule has 0 aliphatic rings. The van der Waals surface area contributed by atoms with Crippen LogP contribution in [0.2, 0.25) is 15.5 Å². The molecule has 41 heteroatoms. The van der Waals surface area contributed by atoms with Crippen molar-refractivity contribution in [2.75, 3.05) is 41.3 Å². The summed E-state index contributed by atoms with van der Waals surface area (Å²) >= 11 is 17.4. The van der Waals surface area contributed by atoms with Gasteiger partial charge in [0.15, 0.2) is 50.4 Å². The van der Waals surface area contributed by atoms with Crippen molar-refractivity contribution in [3.63, 3.8) is 0 Å². The quantitative estimate of drug-likeness (QED) is 0.0442. The Hall–Kier alpha value is -15.5. The molecule has 0 aliphatic heterocycles. The van der Waals surface area contributed by atoms with Crippen LogP contribution in [0.25, 0.3) is 177 Å². The maximum absolute atomic E-state index is 14.5. The van der Waals surface area contributed by atoms with Gasteiger partial charge in [0.25, 0.3) is 0 Å². The van der Waals surface area contributed by atoms with Crippen LogP contribution < -0.4 is 91.4 Å². The van der Waals surface area contributed by atoms with Crippen LogP contribution in [0.15, 0.2) is 281 Å². The largest absolute Gasteiger partial charge is 1.00 e. The number of hydrogen-bond donors (Lipinski definition) is 3. The van der Waals surface area contributed by atoms with Crippen molar-refractivity contribution in [1.29, 1.82) is 0 Å². The van der Waals surface area contributed by atoms with Crippen molar-refractivity contribution in [1.82, 2.24) is 111 Å². The summed E-state index contributed by atoms with van der Waals surface area (Å²) in [5.41, 5.74) is 15.0. The number of benzene rings is 4. The van der Waals surface area contributed by atoms with Gasteiger partial charge < -0.3 is 45.0 Å². The van der Waals surface area contributed by atoms with Gasteiger partial charge in [-0.1, -0.05) is 89.4 Å². The Labute approximate surface area is 831 Å². The van der Waals surface area contributed by atoms with Crippen LogP contribution in [0.4, 0.5) is 23.4 Å². The van der Waals surface area contributed by atoms with Crippen molar-refractivity contribution in [3.8, 4) is 102 Å². The maximum atomic E-state index is 14.5. The van der Waals surface area contributed by atoms with E-state index in [9.17, 15) is 32.8 Å². The Morgan fingerprint density at radius 2 is 0.657 bits per heavy atom. The summed E-state index contributed by atoms with van der Waals surface area (Å²) in [6.07, 6.45) is 20.7. The van der Waals surface area contributed by atoms with E-state index >= 15 is 0 Å². The predicted octanol–water partition coefficient (Wildman–Crippen LogP) is 13.3. The monoisotopic (exact) mass is 1910 g/mol. The van der Waals surface area contributed by atoms with Crippen LogP contribution in [0.1, 0.15) is 0 Å². The number of rotatable bonds is 12. The third kappa shape index (κ3) is 20.8. The van der Waals surface area contributed by atoms with Gasteiger partial charge in [-0.2, -0.15) is 11.8 Å². The zero-order chi connectivity index (χ0) is 95.0. The second-order valence-corrected chi connectivity index (χ2v) is 29.6. The van der Waals surface area contributed by atoms with Crippen LogP contribution in [-0.4, -0.2) is 164 Å². The molecule has 0 bridgehead atoms. The number of aromatic nitrogens is 23. The third-order valence-electron chi connectivity index (χ3n) is 20.7. The number of fused-ring (bicyclic) bond motifs is 9. The molecule has 18 aromatic heterocycles. The van der Waals surface area contributed by atoms with Gasteiger partial charge >= 0.3 is 58.5 Å². The van der Waals surface area contributed by atoms with Crippen LogP contribution >= 0.6 is 34.8 Å². The van der Waals surface area contributed by atoms with Crippen LogP contribution in [0, 0.1) is 28.5 Å². The number of hydrogen-bond acceptors (Lipinski definition) is 31. The molecule has 32 nitrogen and oxygen atoms in total. The number of methoxy groups -OCH3 is 4. The number of nitrogens with two attached hydrogens (primary N) is 1. The van der Waals surface area contributed by atoms with Gasteiger partial charge in [-0.3, -0.25) is 15.0 Å². The second kappa shape index (κ2) is 44.1. The molecule has 0 saturated carbocycles. The Kier molecular flexibility index (Phi) is 31.0. The van der Waals surface area contributed by atoms with E-state index in [1.807, 2.05) is 42.5 Å². The first-order valence-corrected chi connectivity index (χ1v) is 41.5. The van der Waals surface area contributed by atoms with Crippen molar-refractivity contribution >= 4 is 151 Å². The summed E-state index contributed by atoms with van der Waals surface area (Å²) in [6.45, 7) is 0. The Bertz CT molecular complexity index is 8210. The van der Waals surface area contributed by atoms with E-state index in [0.29, 0.717) is 155 Å². The minimum atomic E-state index is -1.67. The number of halogens is 7. The summed E-state index contributed by atoms with van der Waals surface area (Å²) in [4.78, 5) is 51.3. The van der Waals surface area contributed by atoms with Crippen molar-refractivity contribution in [2.24, 2.45) is 0 Å². The Morgan fingerprint density at radius 1 is 0.328 bits per heavy atom. The Balaban J connectivity index is 0.000000128. The van der Waals surface area contributed by atoms with Crippen LogP contribution in [-0.2, 0) is 0 Å². The molecule has 0 spiro atoms. The second-order valence-electron chi connectivity index (χ2n) is 28.5. The molecule has 0 aliphatic carbocycles. The molecule has 0 amide bonds. The molecule has 18 heterocycles. The number of pyridine rings is 13. The van der Waals surface area contributed by atoms with Crippen molar-refractivity contribution in [2.45, 2.75) is 0 Å². The Morgan fingerprint density at radius 3 is 1.07 bits per heavy atom. The third-order valence-corrected chi connectivity index (χ3v) is 21.5. The molecular formula is C96H65BCl3F4KN24O8. The van der Waals surface area contributed by atoms with Crippen LogP contribution in [0.3, 0.4) is 0 Å². The normalized spacial score (nSPS) is 10.7. The molecule has 4 N–H and O–H groups in total. The molecule has 0 fully saturated rings. The summed E-state index contributed by atoms with van der Waals surface area (Å²) in [6, 6.07) is 55.7. The average Bonchev–Trinajstić information content (AvgIpc) is 0.757. The first kappa shape index (κ1) is 96.1. The molecular weight excluding hydrogens is 1850 g/mol. The van der Waals surface area contributed by atoms with E-state index in [1.165, 1.54) is 71.2 Å². The average molecular weight is 1910 g/mol. The molecule has 4 aromatic carbocycles. The zero-order valence-electron chi connectivity index (χ0n) is 72.5. The van der Waals surface area contributed by atoms with Gasteiger partial charge in [-0.15, -0.1) is 51.0 Å². The number of nitrogen functional groups attached to an aromatic ring is 1. The van der Waals surface area contributed by atoms with E-state index < -0.39 is 12.9 Å². The fourth-order valence-electron chi connectivity index (χ4n) is 14.5. The smallest absolute Gasteiger partial charge is 0.857 e. The first-order chi connectivity index (χ1) is 66.4. The molecule has 22 rings (SSSR count). The van der Waals surface area contributed by atoms with E-state index in [4.69, 9.17) is 64.6 Å². The number of anilines is 1. The van der Waals surface area contributed by atoms with E-state index in [0.717, 1.165) is 61.1 Å². The number of ether oxygens (including phenoxy) is 4. The van der Waals surface area contributed by atoms with Crippen molar-refractivity contribution < 1.29 is 108 Å². The first-order valence-electron chi connectivity index (χ1n) is 40.4. The summed E-state index contributed by atoms with van der Waals surface area (Å²) in [7, 11) is 5.11. The van der Waals surface area contributed by atoms with E-state index in [-0.39, 0.29) is 91.9 Å². The summed E-state index contributed by atoms with van der Waals surface area (Å²) in [5.74, 6) is 0.107. The minimum absolute atomic E-state index is 0. The van der Waals surface area contributed by atoms with Gasteiger partial charge in [0.1, 0.15) is 51.6 Å².